The van der Waals surface area contributed by atoms with Crippen molar-refractivity contribution in [2.45, 2.75) is 18.9 Å². The molecule has 1 saturated heterocycles. The third kappa shape index (κ3) is 3.84. The Morgan fingerprint density at radius 1 is 1.22 bits per heavy atom. The maximum Gasteiger partial charge on any atom is 0.317 e. The van der Waals surface area contributed by atoms with Crippen LogP contribution in [0.1, 0.15) is 12.8 Å². The van der Waals surface area contributed by atoms with Crippen LogP contribution in [0.5, 0.6) is 5.75 Å². The van der Waals surface area contributed by atoms with Crippen LogP contribution in [0.2, 0.25) is 0 Å². The van der Waals surface area contributed by atoms with Gasteiger partial charge in [-0.25, -0.2) is 19.7 Å². The topological polar surface area (TPSA) is 108 Å². The lowest BCUT2D eigenvalue weighted by molar-refractivity contribution is 0.186. The number of hydrogen-bond acceptors (Lipinski definition) is 7. The summed E-state index contributed by atoms with van der Waals surface area (Å²) in [6.07, 6.45) is 5.37. The monoisotopic (exact) mass is 449 g/mol. The van der Waals surface area contributed by atoms with Crippen molar-refractivity contribution in [3.05, 3.63) is 48.1 Å². The van der Waals surface area contributed by atoms with E-state index in [1.165, 1.54) is 0 Å². The number of amides is 2. The number of carbonyl (C=O) groups excluding carboxylic acids is 1. The molecule has 5 rings (SSSR count). The summed E-state index contributed by atoms with van der Waals surface area (Å²) in [7, 11) is 1.65. The third-order valence-corrected chi connectivity index (χ3v) is 6.37. The molecule has 4 heterocycles. The van der Waals surface area contributed by atoms with Gasteiger partial charge in [0.25, 0.3) is 0 Å². The maximum atomic E-state index is 11.8. The Morgan fingerprint density at radius 3 is 2.84 bits per heavy atom. The first-order valence-electron chi connectivity index (χ1n) is 10.4. The van der Waals surface area contributed by atoms with Crippen molar-refractivity contribution < 1.29 is 9.90 Å². The molecule has 0 radical (unpaired) electrons. The summed E-state index contributed by atoms with van der Waals surface area (Å²) in [5, 5.41) is 18.0. The Bertz CT molecular complexity index is 1260. The number of anilines is 1. The van der Waals surface area contributed by atoms with Crippen molar-refractivity contribution in [3.63, 3.8) is 0 Å². The average Bonchev–Trinajstić information content (AvgIpc) is 3.41. The number of aromatic nitrogens is 4. The van der Waals surface area contributed by atoms with Gasteiger partial charge in [-0.15, -0.1) is 11.3 Å². The molecule has 32 heavy (non-hydrogen) atoms. The van der Waals surface area contributed by atoms with E-state index in [0.29, 0.717) is 19.0 Å². The van der Waals surface area contributed by atoms with Crippen LogP contribution in [0, 0.1) is 0 Å². The van der Waals surface area contributed by atoms with Crippen LogP contribution >= 0.6 is 11.3 Å². The van der Waals surface area contributed by atoms with Crippen molar-refractivity contribution >= 4 is 28.3 Å². The van der Waals surface area contributed by atoms with Crippen LogP contribution in [-0.4, -0.2) is 61.6 Å². The fraction of sp³-hybridized carbons (Fsp3) is 0.273. The van der Waals surface area contributed by atoms with Crippen LogP contribution in [0.4, 0.5) is 10.7 Å². The SMILES string of the molecule is CNC(=O)N1CCC(Nc2nccc(-c3c(-c4cccc(O)c4)nc4sccn34)n2)CC1. The summed E-state index contributed by atoms with van der Waals surface area (Å²) in [5.74, 6) is 0.742. The van der Waals surface area contributed by atoms with E-state index in [4.69, 9.17) is 9.97 Å². The van der Waals surface area contributed by atoms with Gasteiger partial charge in [-0.1, -0.05) is 12.1 Å². The lowest BCUT2D eigenvalue weighted by Gasteiger charge is -2.32. The second-order valence-electron chi connectivity index (χ2n) is 7.64. The molecular formula is C22H23N7O2S. The number of urea groups is 1. The zero-order valence-electron chi connectivity index (χ0n) is 17.5. The molecular weight excluding hydrogens is 426 g/mol. The number of benzene rings is 1. The fourth-order valence-electron chi connectivity index (χ4n) is 4.01. The number of rotatable bonds is 4. The Kier molecular flexibility index (Phi) is 5.36. The van der Waals surface area contributed by atoms with E-state index in [-0.39, 0.29) is 17.8 Å². The van der Waals surface area contributed by atoms with E-state index >= 15 is 0 Å². The molecule has 1 aliphatic rings. The average molecular weight is 450 g/mol. The number of nitrogens with zero attached hydrogens (tertiary/aromatic N) is 5. The van der Waals surface area contributed by atoms with E-state index in [0.717, 1.165) is 40.4 Å². The quantitative estimate of drug-likeness (QED) is 0.441. The van der Waals surface area contributed by atoms with E-state index in [2.05, 4.69) is 15.6 Å². The van der Waals surface area contributed by atoms with Gasteiger partial charge in [0.1, 0.15) is 11.4 Å². The summed E-state index contributed by atoms with van der Waals surface area (Å²) in [6.45, 7) is 1.38. The predicted molar refractivity (Wildman–Crippen MR) is 124 cm³/mol. The Labute approximate surface area is 188 Å². The highest BCUT2D eigenvalue weighted by atomic mass is 32.1. The number of nitrogens with one attached hydrogen (secondary N) is 2. The highest BCUT2D eigenvalue weighted by Crippen LogP contribution is 2.34. The number of imidazole rings is 1. The fourth-order valence-corrected chi connectivity index (χ4v) is 4.73. The van der Waals surface area contributed by atoms with Crippen molar-refractivity contribution in [1.82, 2.24) is 29.6 Å². The molecule has 0 saturated carbocycles. The first-order valence-corrected chi connectivity index (χ1v) is 11.3. The molecule has 0 bridgehead atoms. The van der Waals surface area contributed by atoms with Gasteiger partial charge in [0.2, 0.25) is 5.95 Å². The standard InChI is InChI=1S/C22H23N7O2S/c1-23-21(31)28-9-6-15(7-10-28)25-20-24-8-5-17(26-20)19-18(14-3-2-4-16(30)13-14)27-22-29(19)11-12-32-22/h2-5,8,11-13,15,30H,6-7,9-10H2,1H3,(H,23,31)(H,24,25,26). The number of hydrogen-bond donors (Lipinski definition) is 3. The molecule has 9 nitrogen and oxygen atoms in total. The third-order valence-electron chi connectivity index (χ3n) is 5.61. The minimum Gasteiger partial charge on any atom is -0.508 e. The van der Waals surface area contributed by atoms with Crippen LogP contribution in [0.3, 0.4) is 0 Å². The maximum absolute atomic E-state index is 11.8. The molecule has 0 unspecified atom stereocenters. The van der Waals surface area contributed by atoms with Crippen molar-refractivity contribution in [2.75, 3.05) is 25.5 Å². The summed E-state index contributed by atoms with van der Waals surface area (Å²) < 4.78 is 2.01. The molecule has 1 aliphatic heterocycles. The highest BCUT2D eigenvalue weighted by Gasteiger charge is 2.23. The van der Waals surface area contributed by atoms with E-state index < -0.39 is 0 Å². The number of piperidine rings is 1. The summed E-state index contributed by atoms with van der Waals surface area (Å²) >= 11 is 1.55. The molecule has 0 aliphatic carbocycles. The Hall–Kier alpha value is -3.66. The predicted octanol–water partition coefficient (Wildman–Crippen LogP) is 3.44. The summed E-state index contributed by atoms with van der Waals surface area (Å²) in [6, 6.07) is 9.11. The minimum absolute atomic E-state index is 0.0401. The number of fused-ring (bicyclic) bond motifs is 1. The zero-order valence-corrected chi connectivity index (χ0v) is 18.3. The molecule has 1 aromatic carbocycles. The molecule has 3 aromatic heterocycles. The first kappa shape index (κ1) is 20.3. The van der Waals surface area contributed by atoms with Crippen LogP contribution in [0.15, 0.2) is 48.1 Å². The van der Waals surface area contributed by atoms with E-state index in [1.807, 2.05) is 33.0 Å². The lowest BCUT2D eigenvalue weighted by atomic mass is 10.1. The van der Waals surface area contributed by atoms with Crippen molar-refractivity contribution in [3.8, 4) is 28.4 Å². The number of phenolic OH excluding ortho intramolecular Hbond substituents is 1. The molecule has 2 amide bonds. The van der Waals surface area contributed by atoms with Crippen molar-refractivity contribution in [2.24, 2.45) is 0 Å². The first-order chi connectivity index (χ1) is 15.6. The minimum atomic E-state index is -0.0401. The van der Waals surface area contributed by atoms with Gasteiger partial charge in [0.15, 0.2) is 4.96 Å². The summed E-state index contributed by atoms with van der Waals surface area (Å²) in [4.78, 5) is 28.5. The van der Waals surface area contributed by atoms with Gasteiger partial charge in [-0.2, -0.15) is 0 Å². The second kappa shape index (κ2) is 8.46. The molecule has 4 aromatic rings. The molecule has 0 atom stereocenters. The van der Waals surface area contributed by atoms with Crippen LogP contribution in [0.25, 0.3) is 27.6 Å². The number of likely N-dealkylation sites (tertiary alicyclic amines) is 1. The number of aromatic hydroxyl groups is 1. The molecule has 10 heteroatoms. The zero-order chi connectivity index (χ0) is 22.1. The number of phenols is 1. The van der Waals surface area contributed by atoms with Gasteiger partial charge in [-0.05, 0) is 31.0 Å². The largest absolute Gasteiger partial charge is 0.508 e. The summed E-state index contributed by atoms with van der Waals surface area (Å²) in [5.41, 5.74) is 3.18. The van der Waals surface area contributed by atoms with Gasteiger partial charge >= 0.3 is 6.03 Å². The van der Waals surface area contributed by atoms with Gasteiger partial charge in [0.05, 0.1) is 11.4 Å². The van der Waals surface area contributed by atoms with Gasteiger partial charge in [-0.3, -0.25) is 4.40 Å². The molecule has 3 N–H and O–H groups in total. The number of thiazole rings is 1. The number of carbonyl (C=O) groups is 1. The normalized spacial score (nSPS) is 14.6. The molecule has 1 fully saturated rings. The molecule has 164 valence electrons. The molecule has 0 spiro atoms. The second-order valence-corrected chi connectivity index (χ2v) is 8.51. The van der Waals surface area contributed by atoms with E-state index in [1.54, 1.807) is 42.8 Å². The Balaban J connectivity index is 1.43. The smallest absolute Gasteiger partial charge is 0.317 e. The van der Waals surface area contributed by atoms with Gasteiger partial charge in [0, 0.05) is 49.5 Å². The Morgan fingerprint density at radius 2 is 2.06 bits per heavy atom. The lowest BCUT2D eigenvalue weighted by Crippen LogP contribution is -2.46. The van der Waals surface area contributed by atoms with Crippen molar-refractivity contribution in [1.29, 1.82) is 0 Å². The van der Waals surface area contributed by atoms with Gasteiger partial charge < -0.3 is 20.6 Å². The van der Waals surface area contributed by atoms with Crippen LogP contribution < -0.4 is 10.6 Å². The van der Waals surface area contributed by atoms with Crippen LogP contribution in [-0.2, 0) is 0 Å². The highest BCUT2D eigenvalue weighted by molar-refractivity contribution is 7.15. The van der Waals surface area contributed by atoms with E-state index in [9.17, 15) is 9.90 Å².